The highest BCUT2D eigenvalue weighted by Gasteiger charge is 1.99. The standard InChI is InChI=1S/C6H5BrFN.ClH/c7-4-2-1-3-5(9)6(4)8;/h1-3H,9H2;1H. The van der Waals surface area contributed by atoms with E-state index in [1.807, 2.05) is 0 Å². The Morgan fingerprint density at radius 1 is 1.40 bits per heavy atom. The van der Waals surface area contributed by atoms with E-state index in [4.69, 9.17) is 5.73 Å². The number of anilines is 1. The van der Waals surface area contributed by atoms with Crippen molar-refractivity contribution in [3.05, 3.63) is 28.5 Å². The molecule has 0 bridgehead atoms. The van der Waals surface area contributed by atoms with Crippen LogP contribution >= 0.6 is 28.3 Å². The Bertz CT molecular complexity index is 209. The van der Waals surface area contributed by atoms with Gasteiger partial charge >= 0.3 is 0 Å². The monoisotopic (exact) mass is 225 g/mol. The van der Waals surface area contributed by atoms with Crippen molar-refractivity contribution in [2.75, 3.05) is 5.73 Å². The van der Waals surface area contributed by atoms with Gasteiger partial charge in [-0.15, -0.1) is 12.4 Å². The number of hydrogen-bond acceptors (Lipinski definition) is 1. The number of halogens is 3. The molecule has 0 spiro atoms. The van der Waals surface area contributed by atoms with Crippen LogP contribution < -0.4 is 5.73 Å². The van der Waals surface area contributed by atoms with Crippen molar-refractivity contribution < 1.29 is 4.39 Å². The van der Waals surface area contributed by atoms with Crippen LogP contribution in [0.3, 0.4) is 0 Å². The SMILES string of the molecule is Cl.Nc1cccc(Br)c1F. The van der Waals surface area contributed by atoms with E-state index < -0.39 is 5.82 Å². The number of nitrogen functional groups attached to an aromatic ring is 1. The molecule has 10 heavy (non-hydrogen) atoms. The predicted octanol–water partition coefficient (Wildman–Crippen LogP) is 2.59. The molecule has 0 saturated carbocycles. The molecule has 0 aliphatic carbocycles. The van der Waals surface area contributed by atoms with Crippen LogP contribution in [0.15, 0.2) is 22.7 Å². The van der Waals surface area contributed by atoms with Crippen LogP contribution in [0.25, 0.3) is 0 Å². The van der Waals surface area contributed by atoms with Gasteiger partial charge < -0.3 is 5.73 Å². The van der Waals surface area contributed by atoms with E-state index in [0.29, 0.717) is 4.47 Å². The van der Waals surface area contributed by atoms with E-state index in [1.54, 1.807) is 12.1 Å². The van der Waals surface area contributed by atoms with Gasteiger partial charge in [-0.2, -0.15) is 0 Å². The molecule has 0 saturated heterocycles. The Morgan fingerprint density at radius 2 is 2.00 bits per heavy atom. The van der Waals surface area contributed by atoms with E-state index in [0.717, 1.165) is 0 Å². The Labute approximate surface area is 73.0 Å². The fourth-order valence-electron chi connectivity index (χ4n) is 0.520. The summed E-state index contributed by atoms with van der Waals surface area (Å²) in [4.78, 5) is 0. The normalized spacial score (nSPS) is 8.60. The van der Waals surface area contributed by atoms with Gasteiger partial charge in [-0.1, -0.05) is 6.07 Å². The summed E-state index contributed by atoms with van der Waals surface area (Å²) in [6, 6.07) is 4.80. The maximum atomic E-state index is 12.6. The molecule has 0 heterocycles. The summed E-state index contributed by atoms with van der Waals surface area (Å²) in [6.07, 6.45) is 0. The Hall–Kier alpha value is -0.280. The molecule has 1 aromatic rings. The molecule has 0 amide bonds. The molecule has 0 atom stereocenters. The molecule has 1 rings (SSSR count). The van der Waals surface area contributed by atoms with Crippen LogP contribution in [0.1, 0.15) is 0 Å². The van der Waals surface area contributed by atoms with Gasteiger partial charge in [0.2, 0.25) is 0 Å². The third-order valence-electron chi connectivity index (χ3n) is 0.981. The minimum absolute atomic E-state index is 0. The van der Waals surface area contributed by atoms with Gasteiger partial charge in [0.05, 0.1) is 10.2 Å². The fraction of sp³-hybridized carbons (Fsp3) is 0. The second kappa shape index (κ2) is 3.78. The van der Waals surface area contributed by atoms with Gasteiger partial charge in [-0.05, 0) is 28.1 Å². The largest absolute Gasteiger partial charge is 0.396 e. The fourth-order valence-corrected chi connectivity index (χ4v) is 0.902. The molecular formula is C6H6BrClFN. The zero-order chi connectivity index (χ0) is 6.85. The average molecular weight is 226 g/mol. The van der Waals surface area contributed by atoms with Crippen molar-refractivity contribution >= 4 is 34.0 Å². The number of rotatable bonds is 0. The summed E-state index contributed by atoms with van der Waals surface area (Å²) in [7, 11) is 0. The van der Waals surface area contributed by atoms with E-state index in [2.05, 4.69) is 15.9 Å². The summed E-state index contributed by atoms with van der Waals surface area (Å²) >= 11 is 2.99. The maximum Gasteiger partial charge on any atom is 0.160 e. The lowest BCUT2D eigenvalue weighted by Gasteiger charge is -1.95. The number of hydrogen-bond donors (Lipinski definition) is 1. The minimum Gasteiger partial charge on any atom is -0.396 e. The molecule has 2 N–H and O–H groups in total. The molecule has 1 aromatic carbocycles. The first-order valence-electron chi connectivity index (χ1n) is 2.41. The third-order valence-corrected chi connectivity index (χ3v) is 1.59. The van der Waals surface area contributed by atoms with Gasteiger partial charge in [-0.25, -0.2) is 4.39 Å². The number of nitrogens with two attached hydrogens (primary N) is 1. The zero-order valence-corrected chi connectivity index (χ0v) is 7.38. The molecular weight excluding hydrogens is 220 g/mol. The van der Waals surface area contributed by atoms with Crippen molar-refractivity contribution in [3.63, 3.8) is 0 Å². The van der Waals surface area contributed by atoms with Crippen molar-refractivity contribution in [1.29, 1.82) is 0 Å². The first kappa shape index (κ1) is 9.72. The van der Waals surface area contributed by atoms with Gasteiger partial charge in [0.15, 0.2) is 5.82 Å². The zero-order valence-electron chi connectivity index (χ0n) is 4.97. The van der Waals surface area contributed by atoms with Crippen LogP contribution in [0, 0.1) is 5.82 Å². The average Bonchev–Trinajstić information content (AvgIpc) is 1.83. The van der Waals surface area contributed by atoms with E-state index >= 15 is 0 Å². The Kier molecular flexibility index (Phi) is 3.68. The van der Waals surface area contributed by atoms with Crippen LogP contribution in [-0.2, 0) is 0 Å². The van der Waals surface area contributed by atoms with Crippen LogP contribution in [0.5, 0.6) is 0 Å². The molecule has 0 fully saturated rings. The predicted molar refractivity (Wildman–Crippen MR) is 45.8 cm³/mol. The lowest BCUT2D eigenvalue weighted by atomic mass is 10.3. The van der Waals surface area contributed by atoms with E-state index in [1.165, 1.54) is 6.07 Å². The van der Waals surface area contributed by atoms with Crippen molar-refractivity contribution in [1.82, 2.24) is 0 Å². The van der Waals surface area contributed by atoms with Gasteiger partial charge in [-0.3, -0.25) is 0 Å². The molecule has 0 aliphatic rings. The van der Waals surface area contributed by atoms with Crippen molar-refractivity contribution in [2.24, 2.45) is 0 Å². The first-order valence-corrected chi connectivity index (χ1v) is 3.20. The summed E-state index contributed by atoms with van der Waals surface area (Å²) in [5.74, 6) is -0.391. The van der Waals surface area contributed by atoms with Gasteiger partial charge in [0, 0.05) is 0 Å². The van der Waals surface area contributed by atoms with Crippen LogP contribution in [-0.4, -0.2) is 0 Å². The summed E-state index contributed by atoms with van der Waals surface area (Å²) in [6.45, 7) is 0. The minimum atomic E-state index is -0.391. The summed E-state index contributed by atoms with van der Waals surface area (Å²) < 4.78 is 13.0. The Balaban J connectivity index is 0.000000810. The van der Waals surface area contributed by atoms with Crippen molar-refractivity contribution in [2.45, 2.75) is 0 Å². The van der Waals surface area contributed by atoms with Crippen LogP contribution in [0.2, 0.25) is 0 Å². The smallest absolute Gasteiger partial charge is 0.160 e. The molecule has 0 radical (unpaired) electrons. The molecule has 1 nitrogen and oxygen atoms in total. The molecule has 4 heteroatoms. The second-order valence-electron chi connectivity index (χ2n) is 1.64. The topological polar surface area (TPSA) is 26.0 Å². The highest BCUT2D eigenvalue weighted by atomic mass is 79.9. The highest BCUT2D eigenvalue weighted by molar-refractivity contribution is 9.10. The lowest BCUT2D eigenvalue weighted by Crippen LogP contribution is -1.89. The molecule has 56 valence electrons. The van der Waals surface area contributed by atoms with Crippen molar-refractivity contribution in [3.8, 4) is 0 Å². The molecule has 0 aromatic heterocycles. The Morgan fingerprint density at radius 3 is 2.40 bits per heavy atom. The molecule has 0 aliphatic heterocycles. The summed E-state index contributed by atoms with van der Waals surface area (Å²) in [5.41, 5.74) is 5.39. The maximum absolute atomic E-state index is 12.6. The third kappa shape index (κ3) is 1.85. The van der Waals surface area contributed by atoms with Crippen LogP contribution in [0.4, 0.5) is 10.1 Å². The molecule has 0 unspecified atom stereocenters. The second-order valence-corrected chi connectivity index (χ2v) is 2.50. The highest BCUT2D eigenvalue weighted by Crippen LogP contribution is 2.19. The van der Waals surface area contributed by atoms with Gasteiger partial charge in [0.1, 0.15) is 0 Å². The number of benzene rings is 1. The first-order chi connectivity index (χ1) is 4.22. The quantitative estimate of drug-likeness (QED) is 0.676. The van der Waals surface area contributed by atoms with E-state index in [-0.39, 0.29) is 18.1 Å². The summed E-state index contributed by atoms with van der Waals surface area (Å²) in [5, 5.41) is 0. The lowest BCUT2D eigenvalue weighted by molar-refractivity contribution is 0.626. The van der Waals surface area contributed by atoms with E-state index in [9.17, 15) is 4.39 Å². The van der Waals surface area contributed by atoms with Gasteiger partial charge in [0.25, 0.3) is 0 Å².